The topological polar surface area (TPSA) is 55.1 Å². The summed E-state index contributed by atoms with van der Waals surface area (Å²) < 4.78 is 39.0. The zero-order valence-corrected chi connectivity index (χ0v) is 9.96. The molecule has 0 spiro atoms. The molecular weight excluding hydrogens is 271 g/mol. The van der Waals surface area contributed by atoms with Crippen LogP contribution in [0.3, 0.4) is 0 Å². The smallest absolute Gasteiger partial charge is 0.324 e. The van der Waals surface area contributed by atoms with Crippen molar-refractivity contribution in [1.82, 2.24) is 19.6 Å². The molecule has 3 aromatic rings. The molecule has 2 aromatic heterocycles. The maximum Gasteiger partial charge on any atom is 0.416 e. The van der Waals surface area contributed by atoms with Crippen LogP contribution in [-0.2, 0) is 6.18 Å². The molecule has 8 heteroatoms. The van der Waals surface area contributed by atoms with Gasteiger partial charge in [-0.2, -0.15) is 13.2 Å². The van der Waals surface area contributed by atoms with Crippen molar-refractivity contribution in [3.63, 3.8) is 0 Å². The number of aromatic nitrogens is 4. The van der Waals surface area contributed by atoms with Crippen LogP contribution in [0.25, 0.3) is 5.65 Å². The second kappa shape index (κ2) is 4.48. The van der Waals surface area contributed by atoms with Crippen LogP contribution in [0.2, 0.25) is 0 Å². The molecule has 102 valence electrons. The van der Waals surface area contributed by atoms with Crippen molar-refractivity contribution in [2.45, 2.75) is 6.18 Å². The third-order valence-electron chi connectivity index (χ3n) is 2.68. The van der Waals surface area contributed by atoms with Crippen LogP contribution in [0.1, 0.15) is 5.56 Å². The third kappa shape index (κ3) is 2.27. The largest absolute Gasteiger partial charge is 0.416 e. The first-order valence-electron chi connectivity index (χ1n) is 5.63. The molecule has 0 aliphatic heterocycles. The van der Waals surface area contributed by atoms with Gasteiger partial charge in [0.2, 0.25) is 5.95 Å². The van der Waals surface area contributed by atoms with Gasteiger partial charge in [0, 0.05) is 18.1 Å². The van der Waals surface area contributed by atoms with E-state index in [1.54, 1.807) is 16.8 Å². The minimum atomic E-state index is -4.34. The number of anilines is 2. The van der Waals surface area contributed by atoms with Crippen molar-refractivity contribution in [2.24, 2.45) is 0 Å². The van der Waals surface area contributed by atoms with E-state index in [4.69, 9.17) is 0 Å². The van der Waals surface area contributed by atoms with Crippen LogP contribution in [-0.4, -0.2) is 19.6 Å². The number of hydrogen-bond acceptors (Lipinski definition) is 4. The van der Waals surface area contributed by atoms with Crippen LogP contribution < -0.4 is 5.32 Å². The molecule has 2 heterocycles. The van der Waals surface area contributed by atoms with E-state index in [0.717, 1.165) is 12.1 Å². The fraction of sp³-hybridized carbons (Fsp3) is 0.0833. The molecule has 20 heavy (non-hydrogen) atoms. The minimum absolute atomic E-state index is 0.405. The summed E-state index contributed by atoms with van der Waals surface area (Å²) >= 11 is 0. The number of alkyl halides is 3. The number of nitrogens with zero attached hydrogens (tertiary/aromatic N) is 4. The summed E-state index contributed by atoms with van der Waals surface area (Å²) in [4.78, 5) is 3.90. The summed E-state index contributed by atoms with van der Waals surface area (Å²) in [5, 5.41) is 10.7. The summed E-state index contributed by atoms with van der Waals surface area (Å²) in [7, 11) is 0. The zero-order chi connectivity index (χ0) is 14.2. The number of fused-ring (bicyclic) bond motifs is 1. The first-order chi connectivity index (χ1) is 9.54. The van der Waals surface area contributed by atoms with Crippen molar-refractivity contribution >= 4 is 17.3 Å². The van der Waals surface area contributed by atoms with Gasteiger partial charge in [-0.05, 0) is 24.3 Å². The minimum Gasteiger partial charge on any atom is -0.324 e. The molecule has 0 saturated heterocycles. The average molecular weight is 279 g/mol. The van der Waals surface area contributed by atoms with E-state index in [2.05, 4.69) is 20.5 Å². The highest BCUT2D eigenvalue weighted by atomic mass is 19.4. The molecule has 0 aliphatic carbocycles. The second-order valence-electron chi connectivity index (χ2n) is 4.03. The van der Waals surface area contributed by atoms with Gasteiger partial charge in [0.15, 0.2) is 5.65 Å². The van der Waals surface area contributed by atoms with E-state index in [0.29, 0.717) is 17.3 Å². The Morgan fingerprint density at radius 3 is 2.50 bits per heavy atom. The van der Waals surface area contributed by atoms with Crippen LogP contribution in [0, 0.1) is 0 Å². The van der Waals surface area contributed by atoms with Crippen LogP contribution in [0.4, 0.5) is 24.8 Å². The van der Waals surface area contributed by atoms with Crippen molar-refractivity contribution in [3.8, 4) is 0 Å². The fourth-order valence-electron chi connectivity index (χ4n) is 1.71. The van der Waals surface area contributed by atoms with Gasteiger partial charge < -0.3 is 5.32 Å². The Hall–Kier alpha value is -2.64. The Kier molecular flexibility index (Phi) is 2.78. The van der Waals surface area contributed by atoms with E-state index >= 15 is 0 Å². The average Bonchev–Trinajstić information content (AvgIpc) is 2.82. The van der Waals surface area contributed by atoms with E-state index in [1.807, 2.05) is 0 Å². The van der Waals surface area contributed by atoms with Crippen molar-refractivity contribution < 1.29 is 13.2 Å². The Morgan fingerprint density at radius 2 is 1.80 bits per heavy atom. The molecule has 3 rings (SSSR count). The van der Waals surface area contributed by atoms with Crippen molar-refractivity contribution in [2.75, 3.05) is 5.32 Å². The number of nitrogens with one attached hydrogen (secondary N) is 1. The maximum atomic E-state index is 12.5. The van der Waals surface area contributed by atoms with Gasteiger partial charge in [-0.15, -0.1) is 10.2 Å². The summed E-state index contributed by atoms with van der Waals surface area (Å²) in [5.74, 6) is 0.405. The Balaban J connectivity index is 1.88. The molecular formula is C12H8F3N5. The number of benzene rings is 1. The highest BCUT2D eigenvalue weighted by Gasteiger charge is 2.29. The molecule has 0 amide bonds. The van der Waals surface area contributed by atoms with Crippen molar-refractivity contribution in [3.05, 3.63) is 48.4 Å². The third-order valence-corrected chi connectivity index (χ3v) is 2.68. The van der Waals surface area contributed by atoms with Gasteiger partial charge in [0.1, 0.15) is 0 Å². The Labute approximate surface area is 111 Å². The summed E-state index contributed by atoms with van der Waals surface area (Å²) in [5.41, 5.74) is 0.337. The molecule has 0 bridgehead atoms. The summed E-state index contributed by atoms with van der Waals surface area (Å²) in [6.07, 6.45) is 0.409. The molecule has 0 unspecified atom stereocenters. The van der Waals surface area contributed by atoms with Gasteiger partial charge in [0.05, 0.1) is 11.8 Å². The Bertz CT molecular complexity index is 733. The van der Waals surface area contributed by atoms with Crippen LogP contribution in [0.15, 0.2) is 42.9 Å². The standard InChI is InChI=1S/C12H8F3N5/c13-12(14,15)8-1-3-9(4-2-8)17-11-19-18-10-7-16-5-6-20(10)11/h1-7H,(H,17,19). The zero-order valence-electron chi connectivity index (χ0n) is 9.96. The highest BCUT2D eigenvalue weighted by Crippen LogP contribution is 2.30. The van der Waals surface area contributed by atoms with Crippen molar-refractivity contribution in [1.29, 1.82) is 0 Å². The lowest BCUT2D eigenvalue weighted by atomic mass is 10.2. The first-order valence-corrected chi connectivity index (χ1v) is 5.63. The highest BCUT2D eigenvalue weighted by molar-refractivity contribution is 5.56. The predicted molar refractivity (Wildman–Crippen MR) is 65.5 cm³/mol. The molecule has 0 aliphatic rings. The lowest BCUT2D eigenvalue weighted by Gasteiger charge is -2.08. The van der Waals surface area contributed by atoms with Gasteiger partial charge in [-0.25, -0.2) is 0 Å². The number of hydrogen-bond donors (Lipinski definition) is 1. The van der Waals surface area contributed by atoms with E-state index in [9.17, 15) is 13.2 Å². The normalized spacial score (nSPS) is 11.8. The SMILES string of the molecule is FC(F)(F)c1ccc(Nc2nnc3cnccn23)cc1. The van der Waals surface area contributed by atoms with E-state index in [-0.39, 0.29) is 0 Å². The number of rotatable bonds is 2. The second-order valence-corrected chi connectivity index (χ2v) is 4.03. The van der Waals surface area contributed by atoms with Gasteiger partial charge in [-0.1, -0.05) is 0 Å². The molecule has 0 radical (unpaired) electrons. The van der Waals surface area contributed by atoms with Crippen LogP contribution in [0.5, 0.6) is 0 Å². The summed E-state index contributed by atoms with van der Waals surface area (Å²) in [6, 6.07) is 4.69. The Morgan fingerprint density at radius 1 is 1.05 bits per heavy atom. The number of halogens is 3. The predicted octanol–water partition coefficient (Wildman–Crippen LogP) is 2.89. The van der Waals surface area contributed by atoms with Crippen LogP contribution >= 0.6 is 0 Å². The molecule has 0 fully saturated rings. The van der Waals surface area contributed by atoms with Gasteiger partial charge in [-0.3, -0.25) is 9.38 Å². The van der Waals surface area contributed by atoms with E-state index in [1.165, 1.54) is 18.3 Å². The van der Waals surface area contributed by atoms with E-state index < -0.39 is 11.7 Å². The fourth-order valence-corrected chi connectivity index (χ4v) is 1.71. The first kappa shape index (κ1) is 12.4. The molecule has 1 N–H and O–H groups in total. The molecule has 1 aromatic carbocycles. The molecule has 5 nitrogen and oxygen atoms in total. The molecule has 0 atom stereocenters. The quantitative estimate of drug-likeness (QED) is 0.783. The monoisotopic (exact) mass is 279 g/mol. The van der Waals surface area contributed by atoms with Gasteiger partial charge in [0.25, 0.3) is 0 Å². The summed E-state index contributed by atoms with van der Waals surface area (Å²) in [6.45, 7) is 0. The molecule has 0 saturated carbocycles. The lowest BCUT2D eigenvalue weighted by Crippen LogP contribution is -2.04. The lowest BCUT2D eigenvalue weighted by molar-refractivity contribution is -0.137. The van der Waals surface area contributed by atoms with Gasteiger partial charge >= 0.3 is 6.18 Å². The maximum absolute atomic E-state index is 12.5.